The molecule has 1 heterocycles. The van der Waals surface area contributed by atoms with Gasteiger partial charge in [0.2, 0.25) is 0 Å². The number of carbonyl (C=O) groups excluding carboxylic acids is 1. The molecule has 6 fully saturated rings. The molecule has 8 rings (SSSR count). The van der Waals surface area contributed by atoms with E-state index in [1.165, 1.54) is 7.11 Å². The van der Waals surface area contributed by atoms with Gasteiger partial charge in [-0.1, -0.05) is 29.4 Å². The van der Waals surface area contributed by atoms with Crippen LogP contribution in [0, 0.1) is 46.3 Å². The molecule has 0 amide bonds. The van der Waals surface area contributed by atoms with Crippen LogP contribution in [0.1, 0.15) is 5.56 Å². The first kappa shape index (κ1) is 13.7. The number of rotatable bonds is 5. The summed E-state index contributed by atoms with van der Waals surface area (Å²) in [5.74, 6) is 3.89. The first-order chi connectivity index (χ1) is 12.8. The van der Waals surface area contributed by atoms with Crippen molar-refractivity contribution >= 4 is 23.1 Å². The SMILES string of the molecule is COC(=O)C12C3C4C1C1C2C3C41CO/N=C/c1cccc2cccnc12. The van der Waals surface area contributed by atoms with Crippen molar-refractivity contribution in [1.82, 2.24) is 4.98 Å². The quantitative estimate of drug-likeness (QED) is 0.474. The van der Waals surface area contributed by atoms with Crippen LogP contribution in [0.4, 0.5) is 0 Å². The number of nitrogens with zero attached hydrogens (tertiary/aromatic N) is 2. The highest BCUT2D eigenvalue weighted by Gasteiger charge is 3.11. The molecule has 0 spiro atoms. The summed E-state index contributed by atoms with van der Waals surface area (Å²) in [4.78, 5) is 22.3. The molecule has 6 aliphatic rings. The third-order valence-corrected chi connectivity index (χ3v) is 8.62. The predicted molar refractivity (Wildman–Crippen MR) is 93.1 cm³/mol. The van der Waals surface area contributed by atoms with Gasteiger partial charge in [-0.25, -0.2) is 0 Å². The van der Waals surface area contributed by atoms with Gasteiger partial charge in [-0.3, -0.25) is 9.78 Å². The average Bonchev–Trinajstić information content (AvgIpc) is 2.70. The highest BCUT2D eigenvalue weighted by molar-refractivity contribution is 5.97. The molecular formula is C21H18N2O3. The summed E-state index contributed by atoms with van der Waals surface area (Å²) in [5.41, 5.74) is 2.19. The van der Waals surface area contributed by atoms with Crippen molar-refractivity contribution in [2.45, 2.75) is 0 Å². The van der Waals surface area contributed by atoms with Crippen molar-refractivity contribution in [2.24, 2.45) is 51.5 Å². The van der Waals surface area contributed by atoms with E-state index in [9.17, 15) is 4.79 Å². The molecule has 1 aromatic heterocycles. The molecule has 6 saturated carbocycles. The number of benzene rings is 1. The predicted octanol–water partition coefficient (Wildman–Crippen LogP) is 2.50. The number of oxime groups is 1. The molecule has 0 atom stereocenters. The standard InChI is InChI=1S/C21H18N2O3/c1-25-19(24)21-15-12-16(21)14-17(21)13(15)20(12,14)9-26-23-8-11-5-2-4-10-6-3-7-22-18(10)11/h2-8,12-17H,9H2,1H3/b23-8+. The maximum absolute atomic E-state index is 12.1. The molecule has 26 heavy (non-hydrogen) atoms. The Kier molecular flexibility index (Phi) is 2.09. The summed E-state index contributed by atoms with van der Waals surface area (Å²) in [5, 5.41) is 5.34. The van der Waals surface area contributed by atoms with Crippen LogP contribution < -0.4 is 0 Å². The monoisotopic (exact) mass is 346 g/mol. The molecule has 0 unspecified atom stereocenters. The smallest absolute Gasteiger partial charge is 0.312 e. The fourth-order valence-corrected chi connectivity index (χ4v) is 8.10. The number of methoxy groups -OCH3 is 1. The second-order valence-corrected chi connectivity index (χ2v) is 8.62. The minimum Gasteiger partial charge on any atom is -0.469 e. The van der Waals surface area contributed by atoms with Crippen LogP contribution in [0.3, 0.4) is 0 Å². The highest BCUT2D eigenvalue weighted by atomic mass is 16.6. The summed E-state index contributed by atoms with van der Waals surface area (Å²) in [6.45, 7) is 0.697. The minimum atomic E-state index is -0.0611. The lowest BCUT2D eigenvalue weighted by molar-refractivity contribution is -0.646. The summed E-state index contributed by atoms with van der Waals surface area (Å²) < 4.78 is 5.08. The molecule has 0 bridgehead atoms. The van der Waals surface area contributed by atoms with E-state index in [-0.39, 0.29) is 11.4 Å². The van der Waals surface area contributed by atoms with Crippen molar-refractivity contribution in [2.75, 3.05) is 13.7 Å². The van der Waals surface area contributed by atoms with E-state index < -0.39 is 0 Å². The van der Waals surface area contributed by atoms with E-state index in [0.717, 1.165) is 16.5 Å². The van der Waals surface area contributed by atoms with Crippen LogP contribution in [0.15, 0.2) is 41.7 Å². The van der Waals surface area contributed by atoms with E-state index in [1.54, 1.807) is 12.4 Å². The number of fused-ring (bicyclic) bond motifs is 1. The van der Waals surface area contributed by atoms with Gasteiger partial charge in [-0.2, -0.15) is 0 Å². The summed E-state index contributed by atoms with van der Waals surface area (Å²) in [6.07, 6.45) is 3.57. The van der Waals surface area contributed by atoms with Crippen molar-refractivity contribution in [3.05, 3.63) is 42.1 Å². The number of ether oxygens (including phenoxy) is 1. The van der Waals surface area contributed by atoms with E-state index in [4.69, 9.17) is 9.57 Å². The summed E-state index contributed by atoms with van der Waals surface area (Å²) in [6, 6.07) is 10.0. The van der Waals surface area contributed by atoms with Crippen LogP contribution in [0.5, 0.6) is 0 Å². The number of hydrogen-bond donors (Lipinski definition) is 0. The Morgan fingerprint density at radius 1 is 1.15 bits per heavy atom. The van der Waals surface area contributed by atoms with Gasteiger partial charge in [-0.05, 0) is 41.6 Å². The Bertz CT molecular complexity index is 970. The molecular weight excluding hydrogens is 328 g/mol. The van der Waals surface area contributed by atoms with Gasteiger partial charge < -0.3 is 9.57 Å². The molecule has 5 heteroatoms. The second kappa shape index (κ2) is 3.95. The molecule has 0 radical (unpaired) electrons. The van der Waals surface area contributed by atoms with Crippen LogP contribution in [0.25, 0.3) is 10.9 Å². The van der Waals surface area contributed by atoms with E-state index in [1.807, 2.05) is 30.3 Å². The zero-order chi connectivity index (χ0) is 17.3. The van der Waals surface area contributed by atoms with Gasteiger partial charge in [0.25, 0.3) is 0 Å². The largest absolute Gasteiger partial charge is 0.469 e. The number of para-hydroxylation sites is 1. The lowest BCUT2D eigenvalue weighted by atomic mass is 8.92. The summed E-state index contributed by atoms with van der Waals surface area (Å²) in [7, 11) is 1.53. The maximum Gasteiger partial charge on any atom is 0.312 e. The van der Waals surface area contributed by atoms with Crippen LogP contribution in [-0.2, 0) is 14.4 Å². The maximum atomic E-state index is 12.1. The Balaban J connectivity index is 1.06. The Hall–Kier alpha value is -2.43. The highest BCUT2D eigenvalue weighted by Crippen LogP contribution is 3.10. The van der Waals surface area contributed by atoms with Crippen molar-refractivity contribution in [3.63, 3.8) is 0 Å². The van der Waals surface area contributed by atoms with Gasteiger partial charge in [-0.15, -0.1) is 0 Å². The van der Waals surface area contributed by atoms with Gasteiger partial charge in [0.05, 0.1) is 24.3 Å². The first-order valence-electron chi connectivity index (χ1n) is 9.35. The third-order valence-electron chi connectivity index (χ3n) is 8.62. The molecule has 1 aromatic carbocycles. The topological polar surface area (TPSA) is 60.8 Å². The van der Waals surface area contributed by atoms with Crippen molar-refractivity contribution < 1.29 is 14.4 Å². The van der Waals surface area contributed by atoms with Gasteiger partial charge >= 0.3 is 5.97 Å². The van der Waals surface area contributed by atoms with Gasteiger partial charge in [0, 0.05) is 22.6 Å². The van der Waals surface area contributed by atoms with E-state index in [2.05, 4.69) is 10.1 Å². The number of carbonyl (C=O) groups is 1. The summed E-state index contributed by atoms with van der Waals surface area (Å²) >= 11 is 0. The molecule has 2 aromatic rings. The molecule has 5 nitrogen and oxygen atoms in total. The Morgan fingerprint density at radius 3 is 2.62 bits per heavy atom. The number of pyridine rings is 1. The molecule has 130 valence electrons. The van der Waals surface area contributed by atoms with Crippen LogP contribution in [-0.4, -0.2) is 30.9 Å². The Morgan fingerprint density at radius 2 is 1.88 bits per heavy atom. The van der Waals surface area contributed by atoms with E-state index in [0.29, 0.717) is 47.5 Å². The normalized spacial score (nSPS) is 47.1. The molecule has 0 N–H and O–H groups in total. The van der Waals surface area contributed by atoms with Gasteiger partial charge in [0.1, 0.15) is 6.61 Å². The fourth-order valence-electron chi connectivity index (χ4n) is 8.10. The van der Waals surface area contributed by atoms with Crippen LogP contribution >= 0.6 is 0 Å². The third kappa shape index (κ3) is 1.02. The molecule has 0 saturated heterocycles. The Labute approximate surface area is 150 Å². The van der Waals surface area contributed by atoms with Crippen LogP contribution in [0.2, 0.25) is 0 Å². The number of hydrogen-bond acceptors (Lipinski definition) is 5. The molecule has 0 aliphatic heterocycles. The van der Waals surface area contributed by atoms with Crippen molar-refractivity contribution in [3.8, 4) is 0 Å². The zero-order valence-corrected chi connectivity index (χ0v) is 14.3. The number of esters is 1. The van der Waals surface area contributed by atoms with Crippen molar-refractivity contribution in [1.29, 1.82) is 0 Å². The second-order valence-electron chi connectivity index (χ2n) is 8.62. The number of aromatic nitrogens is 1. The zero-order valence-electron chi connectivity index (χ0n) is 14.3. The average molecular weight is 346 g/mol. The van der Waals surface area contributed by atoms with E-state index >= 15 is 0 Å². The lowest BCUT2D eigenvalue weighted by Crippen LogP contribution is -3.11. The molecule has 6 aliphatic carbocycles. The fraction of sp³-hybridized carbons (Fsp3) is 0.476. The first-order valence-corrected chi connectivity index (χ1v) is 9.35. The lowest BCUT2D eigenvalue weighted by Gasteiger charge is -3.09. The minimum absolute atomic E-state index is 0.0527. The van der Waals surface area contributed by atoms with Gasteiger partial charge in [0.15, 0.2) is 0 Å².